The maximum atomic E-state index is 11.1. The molecule has 1 aromatic carbocycles. The number of esters is 1. The molecule has 3 nitrogen and oxygen atoms in total. The first-order valence-electron chi connectivity index (χ1n) is 5.24. The summed E-state index contributed by atoms with van der Waals surface area (Å²) in [6.07, 6.45) is 0.143. The molecule has 0 aliphatic heterocycles. The molecule has 92 valence electrons. The molecular formula is C13H15ClO3. The summed E-state index contributed by atoms with van der Waals surface area (Å²) in [4.78, 5) is 11.1. The molecule has 0 heterocycles. The summed E-state index contributed by atoms with van der Waals surface area (Å²) in [7, 11) is 1.31. The second-order valence-electron chi connectivity index (χ2n) is 3.70. The molecule has 0 fully saturated rings. The normalized spacial score (nSPS) is 11.9. The number of hydrogen-bond acceptors (Lipinski definition) is 3. The fraction of sp³-hybridized carbons (Fsp3) is 0.308. The third-order valence-corrected chi connectivity index (χ3v) is 2.66. The Kier molecular flexibility index (Phi) is 5.19. The molecule has 1 rings (SSSR count). The first-order valence-corrected chi connectivity index (χ1v) is 5.62. The molecule has 1 aromatic rings. The highest BCUT2D eigenvalue weighted by Crippen LogP contribution is 2.23. The van der Waals surface area contributed by atoms with Crippen molar-refractivity contribution in [2.75, 3.05) is 7.11 Å². The standard InChI is InChI=1S/C13H15ClO3/c1-9(13(16)17-2)6-7-12(15)10-4-3-5-11(14)8-10/h3-5,8,12,15H,1,6-7H2,2H3. The highest BCUT2D eigenvalue weighted by molar-refractivity contribution is 6.30. The Bertz CT molecular complexity index is 415. The largest absolute Gasteiger partial charge is 0.466 e. The Morgan fingerprint density at radius 1 is 1.59 bits per heavy atom. The first-order chi connectivity index (χ1) is 8.04. The van der Waals surface area contributed by atoms with Gasteiger partial charge in [-0.25, -0.2) is 4.79 Å². The van der Waals surface area contributed by atoms with Gasteiger partial charge in [0.1, 0.15) is 0 Å². The van der Waals surface area contributed by atoms with Crippen LogP contribution in [0.15, 0.2) is 36.4 Å². The number of aliphatic hydroxyl groups is 1. The van der Waals surface area contributed by atoms with Crippen molar-refractivity contribution in [1.82, 2.24) is 0 Å². The Morgan fingerprint density at radius 3 is 2.88 bits per heavy atom. The van der Waals surface area contributed by atoms with Gasteiger partial charge in [-0.2, -0.15) is 0 Å². The van der Waals surface area contributed by atoms with Gasteiger partial charge in [-0.15, -0.1) is 0 Å². The average molecular weight is 255 g/mol. The first kappa shape index (κ1) is 13.7. The van der Waals surface area contributed by atoms with E-state index < -0.39 is 12.1 Å². The number of ether oxygens (including phenoxy) is 1. The van der Waals surface area contributed by atoms with Crippen LogP contribution >= 0.6 is 11.6 Å². The Morgan fingerprint density at radius 2 is 2.29 bits per heavy atom. The van der Waals surface area contributed by atoms with Crippen LogP contribution in [-0.2, 0) is 9.53 Å². The van der Waals surface area contributed by atoms with E-state index in [9.17, 15) is 9.90 Å². The van der Waals surface area contributed by atoms with Gasteiger partial charge < -0.3 is 9.84 Å². The zero-order chi connectivity index (χ0) is 12.8. The SMILES string of the molecule is C=C(CCC(O)c1cccc(Cl)c1)C(=O)OC. The summed E-state index contributed by atoms with van der Waals surface area (Å²) in [6.45, 7) is 3.60. The van der Waals surface area contributed by atoms with Crippen LogP contribution in [0.4, 0.5) is 0 Å². The fourth-order valence-electron chi connectivity index (χ4n) is 1.44. The van der Waals surface area contributed by atoms with E-state index in [0.29, 0.717) is 23.4 Å². The second-order valence-corrected chi connectivity index (χ2v) is 4.14. The van der Waals surface area contributed by atoms with E-state index >= 15 is 0 Å². The maximum Gasteiger partial charge on any atom is 0.333 e. The van der Waals surface area contributed by atoms with Crippen LogP contribution < -0.4 is 0 Å². The average Bonchev–Trinajstić information content (AvgIpc) is 2.34. The molecule has 0 aliphatic carbocycles. The van der Waals surface area contributed by atoms with Crippen LogP contribution in [0.3, 0.4) is 0 Å². The van der Waals surface area contributed by atoms with Gasteiger partial charge in [0, 0.05) is 10.6 Å². The van der Waals surface area contributed by atoms with Crippen molar-refractivity contribution in [3.05, 3.63) is 47.0 Å². The predicted molar refractivity (Wildman–Crippen MR) is 66.8 cm³/mol. The zero-order valence-corrected chi connectivity index (χ0v) is 10.4. The fourth-order valence-corrected chi connectivity index (χ4v) is 1.64. The number of rotatable bonds is 5. The Labute approximate surface area is 106 Å². The summed E-state index contributed by atoms with van der Waals surface area (Å²) in [5.41, 5.74) is 1.09. The van der Waals surface area contributed by atoms with Crippen LogP contribution in [-0.4, -0.2) is 18.2 Å². The van der Waals surface area contributed by atoms with E-state index in [1.165, 1.54) is 7.11 Å². The molecule has 1 unspecified atom stereocenters. The molecule has 17 heavy (non-hydrogen) atoms. The van der Waals surface area contributed by atoms with E-state index in [-0.39, 0.29) is 0 Å². The van der Waals surface area contributed by atoms with Crippen LogP contribution in [0.1, 0.15) is 24.5 Å². The number of halogens is 1. The van der Waals surface area contributed by atoms with Crippen LogP contribution in [0.5, 0.6) is 0 Å². The summed E-state index contributed by atoms with van der Waals surface area (Å²) >= 11 is 5.82. The summed E-state index contributed by atoms with van der Waals surface area (Å²) in [6, 6.07) is 7.01. The van der Waals surface area contributed by atoms with Gasteiger partial charge in [-0.1, -0.05) is 30.3 Å². The third kappa shape index (κ3) is 4.21. The minimum absolute atomic E-state index is 0.355. The molecule has 0 amide bonds. The van der Waals surface area contributed by atoms with Crippen molar-refractivity contribution in [2.24, 2.45) is 0 Å². The third-order valence-electron chi connectivity index (χ3n) is 2.43. The Hall–Kier alpha value is -1.32. The monoisotopic (exact) mass is 254 g/mol. The van der Waals surface area contributed by atoms with Gasteiger partial charge in [0.25, 0.3) is 0 Å². The Balaban J connectivity index is 2.53. The molecule has 0 saturated heterocycles. The van der Waals surface area contributed by atoms with Gasteiger partial charge in [-0.05, 0) is 30.5 Å². The molecule has 0 spiro atoms. The van der Waals surface area contributed by atoms with Crippen molar-refractivity contribution in [3.8, 4) is 0 Å². The van der Waals surface area contributed by atoms with Crippen molar-refractivity contribution < 1.29 is 14.6 Å². The second kappa shape index (κ2) is 6.42. The molecule has 0 radical (unpaired) electrons. The topological polar surface area (TPSA) is 46.5 Å². The number of carbonyl (C=O) groups is 1. The van der Waals surface area contributed by atoms with Crippen molar-refractivity contribution in [3.63, 3.8) is 0 Å². The lowest BCUT2D eigenvalue weighted by molar-refractivity contribution is -0.136. The summed E-state index contributed by atoms with van der Waals surface area (Å²) in [5.74, 6) is -0.441. The number of hydrogen-bond donors (Lipinski definition) is 1. The minimum atomic E-state index is -0.657. The highest BCUT2D eigenvalue weighted by atomic mass is 35.5. The van der Waals surface area contributed by atoms with E-state index in [0.717, 1.165) is 5.56 Å². The lowest BCUT2D eigenvalue weighted by atomic mass is 10.0. The van der Waals surface area contributed by atoms with E-state index in [2.05, 4.69) is 11.3 Å². The minimum Gasteiger partial charge on any atom is -0.466 e. The van der Waals surface area contributed by atoms with Crippen molar-refractivity contribution >= 4 is 17.6 Å². The summed E-state index contributed by atoms with van der Waals surface area (Å²) in [5, 5.41) is 10.5. The lowest BCUT2D eigenvalue weighted by Crippen LogP contribution is -2.06. The molecule has 1 N–H and O–H groups in total. The van der Waals surface area contributed by atoms with Crippen LogP contribution in [0, 0.1) is 0 Å². The van der Waals surface area contributed by atoms with E-state index in [1.54, 1.807) is 24.3 Å². The van der Waals surface area contributed by atoms with Gasteiger partial charge in [0.05, 0.1) is 13.2 Å². The quantitative estimate of drug-likeness (QED) is 0.649. The van der Waals surface area contributed by atoms with Gasteiger partial charge in [-0.3, -0.25) is 0 Å². The zero-order valence-electron chi connectivity index (χ0n) is 9.65. The van der Waals surface area contributed by atoms with Gasteiger partial charge >= 0.3 is 5.97 Å². The van der Waals surface area contributed by atoms with Crippen molar-refractivity contribution in [1.29, 1.82) is 0 Å². The molecule has 1 atom stereocenters. The van der Waals surface area contributed by atoms with Crippen LogP contribution in [0.25, 0.3) is 0 Å². The number of methoxy groups -OCH3 is 1. The molecular weight excluding hydrogens is 240 g/mol. The number of aliphatic hydroxyl groups excluding tert-OH is 1. The molecule has 0 aliphatic rings. The smallest absolute Gasteiger partial charge is 0.333 e. The molecule has 0 aromatic heterocycles. The lowest BCUT2D eigenvalue weighted by Gasteiger charge is -2.11. The van der Waals surface area contributed by atoms with Gasteiger partial charge in [0.15, 0.2) is 0 Å². The number of carbonyl (C=O) groups excluding carboxylic acids is 1. The molecule has 0 saturated carbocycles. The van der Waals surface area contributed by atoms with E-state index in [4.69, 9.17) is 11.6 Å². The van der Waals surface area contributed by atoms with E-state index in [1.807, 2.05) is 0 Å². The predicted octanol–water partition coefficient (Wildman–Crippen LogP) is 2.88. The van der Waals surface area contributed by atoms with Gasteiger partial charge in [0.2, 0.25) is 0 Å². The summed E-state index contributed by atoms with van der Waals surface area (Å²) < 4.78 is 4.53. The number of benzene rings is 1. The van der Waals surface area contributed by atoms with Crippen LogP contribution in [0.2, 0.25) is 5.02 Å². The highest BCUT2D eigenvalue weighted by Gasteiger charge is 2.12. The molecule has 4 heteroatoms. The van der Waals surface area contributed by atoms with Crippen molar-refractivity contribution in [2.45, 2.75) is 18.9 Å². The maximum absolute atomic E-state index is 11.1. The molecule has 0 bridgehead atoms.